The number of morpholine rings is 1. The summed E-state index contributed by atoms with van der Waals surface area (Å²) in [4.78, 5) is 2.09. The fourth-order valence-corrected chi connectivity index (χ4v) is 3.37. The third-order valence-corrected chi connectivity index (χ3v) is 5.05. The first-order valence-electron chi connectivity index (χ1n) is 7.52. The van der Waals surface area contributed by atoms with Gasteiger partial charge in [0.15, 0.2) is 0 Å². The highest BCUT2D eigenvalue weighted by Crippen LogP contribution is 2.23. The maximum atomic E-state index is 12.2. The van der Waals surface area contributed by atoms with E-state index >= 15 is 0 Å². The molecule has 7 nitrogen and oxygen atoms in total. The Morgan fingerprint density at radius 2 is 1.96 bits per heavy atom. The average molecular weight is 344 g/mol. The first-order chi connectivity index (χ1) is 11.0. The summed E-state index contributed by atoms with van der Waals surface area (Å²) in [5.74, 6) is 1.36. The predicted octanol–water partition coefficient (Wildman–Crippen LogP) is 0.455. The molecule has 1 aliphatic heterocycles. The normalized spacial score (nSPS) is 16.3. The predicted molar refractivity (Wildman–Crippen MR) is 87.4 cm³/mol. The van der Waals surface area contributed by atoms with Crippen molar-refractivity contribution in [2.45, 2.75) is 6.54 Å². The van der Waals surface area contributed by atoms with E-state index in [0.717, 1.165) is 18.7 Å². The van der Waals surface area contributed by atoms with Crippen molar-refractivity contribution in [3.63, 3.8) is 0 Å². The summed E-state index contributed by atoms with van der Waals surface area (Å²) in [6.07, 6.45) is 0. The molecule has 0 spiro atoms. The van der Waals surface area contributed by atoms with Crippen molar-refractivity contribution >= 4 is 10.0 Å². The molecule has 0 aliphatic carbocycles. The van der Waals surface area contributed by atoms with Gasteiger partial charge in [0.25, 0.3) is 0 Å². The molecule has 0 unspecified atom stereocenters. The number of ether oxygens (including phenoxy) is 3. The summed E-state index contributed by atoms with van der Waals surface area (Å²) in [5.41, 5.74) is 0.738. The minimum Gasteiger partial charge on any atom is -0.497 e. The van der Waals surface area contributed by atoms with Gasteiger partial charge in [-0.15, -0.1) is 0 Å². The largest absolute Gasteiger partial charge is 0.497 e. The number of nitrogens with zero attached hydrogens (tertiary/aromatic N) is 1. The van der Waals surface area contributed by atoms with Gasteiger partial charge in [-0.1, -0.05) is 0 Å². The Labute approximate surface area is 137 Å². The van der Waals surface area contributed by atoms with E-state index in [2.05, 4.69) is 9.62 Å². The Kier molecular flexibility index (Phi) is 6.64. The number of rotatable bonds is 8. The summed E-state index contributed by atoms with van der Waals surface area (Å²) in [5, 5.41) is 0. The summed E-state index contributed by atoms with van der Waals surface area (Å²) < 4.78 is 42.6. The molecule has 0 aromatic heterocycles. The number of methoxy groups -OCH3 is 2. The minimum atomic E-state index is -3.35. The molecule has 1 aliphatic rings. The monoisotopic (exact) mass is 344 g/mol. The number of hydrogen-bond acceptors (Lipinski definition) is 6. The molecule has 0 bridgehead atoms. The Morgan fingerprint density at radius 3 is 2.61 bits per heavy atom. The molecular formula is C15H24N2O5S. The lowest BCUT2D eigenvalue weighted by molar-refractivity contribution is 0.0408. The van der Waals surface area contributed by atoms with Crippen LogP contribution in [0, 0.1) is 0 Å². The van der Waals surface area contributed by atoms with Crippen molar-refractivity contribution in [1.29, 1.82) is 0 Å². The van der Waals surface area contributed by atoms with E-state index in [1.807, 2.05) is 0 Å². The second-order valence-electron chi connectivity index (χ2n) is 5.27. The molecule has 1 heterocycles. The molecule has 1 aromatic carbocycles. The molecule has 1 aromatic rings. The molecular weight excluding hydrogens is 320 g/mol. The lowest BCUT2D eigenvalue weighted by atomic mass is 10.2. The standard InChI is InChI=1S/C15H24N2O5S/c1-20-14-3-4-15(21-2)13(11-14)12-16-23(18,19)10-7-17-5-8-22-9-6-17/h3-4,11,16H,5-10,12H2,1-2H3. The van der Waals surface area contributed by atoms with E-state index in [4.69, 9.17) is 14.2 Å². The van der Waals surface area contributed by atoms with Crippen LogP contribution in [0.5, 0.6) is 11.5 Å². The van der Waals surface area contributed by atoms with E-state index in [-0.39, 0.29) is 12.3 Å². The third-order valence-electron chi connectivity index (χ3n) is 3.75. The molecule has 8 heteroatoms. The Morgan fingerprint density at radius 1 is 1.22 bits per heavy atom. The van der Waals surface area contributed by atoms with Crippen molar-refractivity contribution in [1.82, 2.24) is 9.62 Å². The van der Waals surface area contributed by atoms with Crippen LogP contribution >= 0.6 is 0 Å². The van der Waals surface area contributed by atoms with E-state index in [1.54, 1.807) is 32.4 Å². The molecule has 23 heavy (non-hydrogen) atoms. The molecule has 0 saturated carbocycles. The fourth-order valence-electron chi connectivity index (χ4n) is 2.35. The van der Waals surface area contributed by atoms with Crippen molar-refractivity contribution in [2.75, 3.05) is 52.8 Å². The van der Waals surface area contributed by atoms with Gasteiger partial charge >= 0.3 is 0 Å². The number of sulfonamides is 1. The first-order valence-corrected chi connectivity index (χ1v) is 9.17. The Hall–Kier alpha value is -1.35. The van der Waals surface area contributed by atoms with Gasteiger partial charge in [0.05, 0.1) is 33.2 Å². The van der Waals surface area contributed by atoms with Crippen LogP contribution < -0.4 is 14.2 Å². The van der Waals surface area contributed by atoms with Crippen molar-refractivity contribution in [3.8, 4) is 11.5 Å². The van der Waals surface area contributed by atoms with Crippen molar-refractivity contribution < 1.29 is 22.6 Å². The highest BCUT2D eigenvalue weighted by molar-refractivity contribution is 7.89. The molecule has 2 rings (SSSR count). The molecule has 1 saturated heterocycles. The quantitative estimate of drug-likeness (QED) is 0.738. The molecule has 0 amide bonds. The highest BCUT2D eigenvalue weighted by Gasteiger charge is 2.16. The van der Waals surface area contributed by atoms with Crippen LogP contribution in [0.25, 0.3) is 0 Å². The van der Waals surface area contributed by atoms with Crippen LogP contribution in [0.4, 0.5) is 0 Å². The fraction of sp³-hybridized carbons (Fsp3) is 0.600. The van der Waals surface area contributed by atoms with Gasteiger partial charge in [-0.25, -0.2) is 13.1 Å². The summed E-state index contributed by atoms with van der Waals surface area (Å²) >= 11 is 0. The smallest absolute Gasteiger partial charge is 0.213 e. The van der Waals surface area contributed by atoms with Crippen LogP contribution in [0.3, 0.4) is 0 Å². The molecule has 0 radical (unpaired) electrons. The van der Waals surface area contributed by atoms with Crippen LogP contribution in [-0.2, 0) is 21.3 Å². The van der Waals surface area contributed by atoms with Crippen LogP contribution in [-0.4, -0.2) is 66.1 Å². The number of hydrogen-bond donors (Lipinski definition) is 1. The van der Waals surface area contributed by atoms with Crippen LogP contribution in [0.1, 0.15) is 5.56 Å². The minimum absolute atomic E-state index is 0.0687. The van der Waals surface area contributed by atoms with E-state index in [0.29, 0.717) is 31.3 Å². The first kappa shape index (κ1) is 18.0. The third kappa shape index (κ3) is 5.65. The number of nitrogens with one attached hydrogen (secondary N) is 1. The summed E-state index contributed by atoms with van der Waals surface area (Å²) in [6, 6.07) is 5.30. The van der Waals surface area contributed by atoms with Crippen molar-refractivity contribution in [2.24, 2.45) is 0 Å². The second-order valence-corrected chi connectivity index (χ2v) is 7.20. The lowest BCUT2D eigenvalue weighted by Crippen LogP contribution is -2.40. The van der Waals surface area contributed by atoms with Gasteiger partial charge in [-0.05, 0) is 18.2 Å². The van der Waals surface area contributed by atoms with Gasteiger partial charge in [0.1, 0.15) is 11.5 Å². The van der Waals surface area contributed by atoms with E-state index < -0.39 is 10.0 Å². The zero-order chi connectivity index (χ0) is 16.7. The summed E-state index contributed by atoms with van der Waals surface area (Å²) in [6.45, 7) is 3.56. The molecule has 130 valence electrons. The maximum absolute atomic E-state index is 12.2. The van der Waals surface area contributed by atoms with Crippen LogP contribution in [0.15, 0.2) is 18.2 Å². The second kappa shape index (κ2) is 8.49. The van der Waals surface area contributed by atoms with Gasteiger partial charge in [0, 0.05) is 31.7 Å². The SMILES string of the molecule is COc1ccc(OC)c(CNS(=O)(=O)CCN2CCOCC2)c1. The van der Waals surface area contributed by atoms with Gasteiger partial charge in [0.2, 0.25) is 10.0 Å². The Balaban J connectivity index is 1.90. The average Bonchev–Trinajstić information content (AvgIpc) is 2.59. The maximum Gasteiger partial charge on any atom is 0.213 e. The van der Waals surface area contributed by atoms with Crippen molar-refractivity contribution in [3.05, 3.63) is 23.8 Å². The summed E-state index contributed by atoms with van der Waals surface area (Å²) in [7, 11) is -0.231. The van der Waals surface area contributed by atoms with Gasteiger partial charge in [-0.3, -0.25) is 4.90 Å². The molecule has 1 fully saturated rings. The van der Waals surface area contributed by atoms with Gasteiger partial charge < -0.3 is 14.2 Å². The highest BCUT2D eigenvalue weighted by atomic mass is 32.2. The topological polar surface area (TPSA) is 77.1 Å². The zero-order valence-corrected chi connectivity index (χ0v) is 14.4. The van der Waals surface area contributed by atoms with Crippen LogP contribution in [0.2, 0.25) is 0 Å². The van der Waals surface area contributed by atoms with E-state index in [1.165, 1.54) is 0 Å². The van der Waals surface area contributed by atoms with Gasteiger partial charge in [-0.2, -0.15) is 0 Å². The lowest BCUT2D eigenvalue weighted by Gasteiger charge is -2.26. The van der Waals surface area contributed by atoms with E-state index in [9.17, 15) is 8.42 Å². The molecule has 0 atom stereocenters. The number of benzene rings is 1. The molecule has 1 N–H and O–H groups in total. The Bertz CT molecular complexity index is 600. The zero-order valence-electron chi connectivity index (χ0n) is 13.6.